The minimum absolute atomic E-state index is 0.634. The zero-order chi connectivity index (χ0) is 11.9. The van der Waals surface area contributed by atoms with Crippen molar-refractivity contribution >= 4 is 17.6 Å². The Balaban J connectivity index is 1.83. The monoisotopic (exact) mass is 253 g/mol. The number of anilines is 1. The first-order chi connectivity index (χ1) is 8.38. The molecule has 2 heterocycles. The number of rotatable bonds is 5. The first-order valence-electron chi connectivity index (χ1n) is 6.19. The third kappa shape index (κ3) is 4.07. The van der Waals surface area contributed by atoms with E-state index in [1.54, 1.807) is 6.33 Å². The fourth-order valence-electron chi connectivity index (χ4n) is 1.85. The Morgan fingerprint density at radius 3 is 3.18 bits per heavy atom. The molecule has 17 heavy (non-hydrogen) atoms. The summed E-state index contributed by atoms with van der Waals surface area (Å²) in [5.74, 6) is 2.79. The standard InChI is InChI=1S/C12H19N3OS/c1-2-16-12-7-11(14-9-15-12)13-8-10-5-3-4-6-17-10/h7,9-10H,2-6,8H2,1H3,(H,13,14,15). The highest BCUT2D eigenvalue weighted by atomic mass is 32.2. The van der Waals surface area contributed by atoms with Crippen molar-refractivity contribution in [3.63, 3.8) is 0 Å². The molecule has 0 amide bonds. The van der Waals surface area contributed by atoms with Crippen molar-refractivity contribution in [3.05, 3.63) is 12.4 Å². The molecule has 1 fully saturated rings. The third-order valence-electron chi connectivity index (χ3n) is 2.72. The van der Waals surface area contributed by atoms with E-state index in [1.165, 1.54) is 25.0 Å². The van der Waals surface area contributed by atoms with Gasteiger partial charge in [0.2, 0.25) is 5.88 Å². The molecule has 0 radical (unpaired) electrons. The van der Waals surface area contributed by atoms with Crippen molar-refractivity contribution in [2.75, 3.05) is 24.2 Å². The number of nitrogens with zero attached hydrogens (tertiary/aromatic N) is 2. The average Bonchev–Trinajstić information content (AvgIpc) is 2.39. The van der Waals surface area contributed by atoms with Crippen molar-refractivity contribution < 1.29 is 4.74 Å². The zero-order valence-corrected chi connectivity index (χ0v) is 11.0. The number of aromatic nitrogens is 2. The topological polar surface area (TPSA) is 47.0 Å². The largest absolute Gasteiger partial charge is 0.478 e. The minimum atomic E-state index is 0.634. The molecule has 5 heteroatoms. The van der Waals surface area contributed by atoms with Crippen molar-refractivity contribution in [2.24, 2.45) is 0 Å². The second-order valence-corrected chi connectivity index (χ2v) is 5.45. The van der Waals surface area contributed by atoms with Gasteiger partial charge >= 0.3 is 0 Å². The van der Waals surface area contributed by atoms with Crippen LogP contribution in [0.2, 0.25) is 0 Å². The molecule has 1 saturated heterocycles. The van der Waals surface area contributed by atoms with Gasteiger partial charge in [0.15, 0.2) is 0 Å². The van der Waals surface area contributed by atoms with Crippen molar-refractivity contribution in [1.82, 2.24) is 9.97 Å². The van der Waals surface area contributed by atoms with Crippen LogP contribution in [0.3, 0.4) is 0 Å². The number of nitrogens with one attached hydrogen (secondary N) is 1. The second-order valence-electron chi connectivity index (χ2n) is 4.04. The van der Waals surface area contributed by atoms with Gasteiger partial charge < -0.3 is 10.1 Å². The van der Waals surface area contributed by atoms with E-state index in [0.29, 0.717) is 17.7 Å². The summed E-state index contributed by atoms with van der Waals surface area (Å²) in [5.41, 5.74) is 0. The fraction of sp³-hybridized carbons (Fsp3) is 0.667. The summed E-state index contributed by atoms with van der Waals surface area (Å²) in [6.07, 6.45) is 5.57. The summed E-state index contributed by atoms with van der Waals surface area (Å²) in [7, 11) is 0. The first-order valence-corrected chi connectivity index (χ1v) is 7.23. The molecule has 0 saturated carbocycles. The Hall–Kier alpha value is -0.970. The lowest BCUT2D eigenvalue weighted by Crippen LogP contribution is -2.20. The molecule has 1 unspecified atom stereocenters. The van der Waals surface area contributed by atoms with Crippen LogP contribution in [-0.2, 0) is 0 Å². The van der Waals surface area contributed by atoms with Crippen LogP contribution in [0, 0.1) is 0 Å². The molecular formula is C12H19N3OS. The highest BCUT2D eigenvalue weighted by molar-refractivity contribution is 7.99. The summed E-state index contributed by atoms with van der Waals surface area (Å²) in [4.78, 5) is 8.24. The summed E-state index contributed by atoms with van der Waals surface area (Å²) in [5, 5.41) is 4.08. The van der Waals surface area contributed by atoms with Gasteiger partial charge in [0.05, 0.1) is 6.61 Å². The second kappa shape index (κ2) is 6.69. The van der Waals surface area contributed by atoms with Crippen LogP contribution < -0.4 is 10.1 Å². The number of hydrogen-bond donors (Lipinski definition) is 1. The van der Waals surface area contributed by atoms with Gasteiger partial charge in [-0.3, -0.25) is 0 Å². The van der Waals surface area contributed by atoms with E-state index < -0.39 is 0 Å². The Morgan fingerprint density at radius 2 is 2.41 bits per heavy atom. The van der Waals surface area contributed by atoms with Gasteiger partial charge in [-0.1, -0.05) is 6.42 Å². The molecule has 0 aliphatic carbocycles. The number of ether oxygens (including phenoxy) is 1. The Labute approximate surface area is 107 Å². The Morgan fingerprint density at radius 1 is 1.47 bits per heavy atom. The molecular weight excluding hydrogens is 234 g/mol. The van der Waals surface area contributed by atoms with Gasteiger partial charge in [-0.25, -0.2) is 9.97 Å². The van der Waals surface area contributed by atoms with Crippen LogP contribution in [0.1, 0.15) is 26.2 Å². The summed E-state index contributed by atoms with van der Waals surface area (Å²) < 4.78 is 5.34. The smallest absolute Gasteiger partial charge is 0.218 e. The van der Waals surface area contributed by atoms with E-state index in [1.807, 2.05) is 13.0 Å². The van der Waals surface area contributed by atoms with E-state index >= 15 is 0 Å². The van der Waals surface area contributed by atoms with Crippen LogP contribution in [0.4, 0.5) is 5.82 Å². The SMILES string of the molecule is CCOc1cc(NCC2CCCCS2)ncn1. The summed E-state index contributed by atoms with van der Waals surface area (Å²) in [6, 6.07) is 1.86. The maximum absolute atomic E-state index is 5.34. The maximum Gasteiger partial charge on any atom is 0.218 e. The van der Waals surface area contributed by atoms with Gasteiger partial charge in [-0.2, -0.15) is 11.8 Å². The molecule has 1 atom stereocenters. The third-order valence-corrected chi connectivity index (χ3v) is 4.12. The number of hydrogen-bond acceptors (Lipinski definition) is 5. The highest BCUT2D eigenvalue weighted by Gasteiger charge is 2.13. The van der Waals surface area contributed by atoms with Crippen LogP contribution >= 0.6 is 11.8 Å². The molecule has 2 rings (SSSR count). The predicted octanol–water partition coefficient (Wildman–Crippen LogP) is 2.57. The molecule has 4 nitrogen and oxygen atoms in total. The van der Waals surface area contributed by atoms with Crippen molar-refractivity contribution in [2.45, 2.75) is 31.4 Å². The number of thioether (sulfide) groups is 1. The molecule has 0 bridgehead atoms. The first kappa shape index (κ1) is 12.5. The van der Waals surface area contributed by atoms with Crippen LogP contribution in [0.5, 0.6) is 5.88 Å². The Kier molecular flexibility index (Phi) is 4.91. The normalized spacial score (nSPS) is 19.9. The summed E-state index contributed by atoms with van der Waals surface area (Å²) >= 11 is 2.06. The summed E-state index contributed by atoms with van der Waals surface area (Å²) in [6.45, 7) is 3.57. The quantitative estimate of drug-likeness (QED) is 0.874. The molecule has 1 aliphatic heterocycles. The lowest BCUT2D eigenvalue weighted by molar-refractivity contribution is 0.326. The fourth-order valence-corrected chi connectivity index (χ4v) is 3.09. The zero-order valence-electron chi connectivity index (χ0n) is 10.2. The minimum Gasteiger partial charge on any atom is -0.478 e. The van der Waals surface area contributed by atoms with E-state index in [4.69, 9.17) is 4.74 Å². The lowest BCUT2D eigenvalue weighted by Gasteiger charge is -2.21. The van der Waals surface area contributed by atoms with Gasteiger partial charge in [-0.05, 0) is 25.5 Å². The molecule has 0 spiro atoms. The van der Waals surface area contributed by atoms with E-state index in [-0.39, 0.29) is 0 Å². The predicted molar refractivity (Wildman–Crippen MR) is 71.8 cm³/mol. The van der Waals surface area contributed by atoms with Crippen molar-refractivity contribution in [3.8, 4) is 5.88 Å². The highest BCUT2D eigenvalue weighted by Crippen LogP contribution is 2.25. The van der Waals surface area contributed by atoms with Gasteiger partial charge in [0.1, 0.15) is 12.1 Å². The van der Waals surface area contributed by atoms with Gasteiger partial charge in [-0.15, -0.1) is 0 Å². The van der Waals surface area contributed by atoms with E-state index in [2.05, 4.69) is 27.0 Å². The molecule has 94 valence electrons. The van der Waals surface area contributed by atoms with Gasteiger partial charge in [0, 0.05) is 17.9 Å². The average molecular weight is 253 g/mol. The van der Waals surface area contributed by atoms with Crippen molar-refractivity contribution in [1.29, 1.82) is 0 Å². The van der Waals surface area contributed by atoms with E-state index in [0.717, 1.165) is 12.4 Å². The van der Waals surface area contributed by atoms with Crippen LogP contribution in [0.25, 0.3) is 0 Å². The molecule has 1 aromatic rings. The molecule has 1 N–H and O–H groups in total. The lowest BCUT2D eigenvalue weighted by atomic mass is 10.2. The molecule has 1 aromatic heterocycles. The van der Waals surface area contributed by atoms with Crippen LogP contribution in [0.15, 0.2) is 12.4 Å². The van der Waals surface area contributed by atoms with E-state index in [9.17, 15) is 0 Å². The maximum atomic E-state index is 5.34. The molecule has 1 aliphatic rings. The Bertz CT molecular complexity index is 342. The van der Waals surface area contributed by atoms with Gasteiger partial charge in [0.25, 0.3) is 0 Å². The molecule has 0 aromatic carbocycles. The van der Waals surface area contributed by atoms with Crippen LogP contribution in [-0.4, -0.2) is 34.1 Å².